The highest BCUT2D eigenvalue weighted by molar-refractivity contribution is 5.76. The van der Waals surface area contributed by atoms with E-state index in [2.05, 4.69) is 32.2 Å². The number of aromatic nitrogens is 4. The number of carbonyl (C=O) groups excluding carboxylic acids is 1. The third kappa shape index (κ3) is 2.54. The molecule has 1 amide bonds. The van der Waals surface area contributed by atoms with Crippen LogP contribution in [0, 0.1) is 0 Å². The van der Waals surface area contributed by atoms with Gasteiger partial charge in [-0.3, -0.25) is 9.69 Å². The van der Waals surface area contributed by atoms with Gasteiger partial charge in [-0.25, -0.2) is 4.68 Å². The lowest BCUT2D eigenvalue weighted by Gasteiger charge is -2.34. The van der Waals surface area contributed by atoms with Crippen molar-refractivity contribution in [2.45, 2.75) is 51.2 Å². The number of tetrazole rings is 1. The summed E-state index contributed by atoms with van der Waals surface area (Å²) in [5, 5.41) is 10.9. The summed E-state index contributed by atoms with van der Waals surface area (Å²) in [5.41, 5.74) is 0. The lowest BCUT2D eigenvalue weighted by molar-refractivity contribution is -0.133. The van der Waals surface area contributed by atoms with Crippen molar-refractivity contribution in [2.24, 2.45) is 0 Å². The molecule has 0 bridgehead atoms. The Morgan fingerprint density at radius 3 is 2.80 bits per heavy atom. The molecular formula is C13H22N6O. The molecule has 1 aromatic rings. The minimum absolute atomic E-state index is 0.141. The van der Waals surface area contributed by atoms with E-state index in [-0.39, 0.29) is 12.5 Å². The quantitative estimate of drug-likeness (QED) is 0.784. The maximum Gasteiger partial charge on any atom is 0.244 e. The summed E-state index contributed by atoms with van der Waals surface area (Å²) in [5.74, 6) is 0.141. The Morgan fingerprint density at radius 2 is 2.05 bits per heavy atom. The molecule has 1 aromatic heterocycles. The summed E-state index contributed by atoms with van der Waals surface area (Å²) >= 11 is 0. The molecule has 3 heterocycles. The molecule has 0 radical (unpaired) electrons. The lowest BCUT2D eigenvalue weighted by atomic mass is 10.0. The molecule has 3 rings (SSSR count). The van der Waals surface area contributed by atoms with Gasteiger partial charge in [-0.1, -0.05) is 6.92 Å². The average molecular weight is 278 g/mol. The van der Waals surface area contributed by atoms with Crippen molar-refractivity contribution in [2.75, 3.05) is 19.6 Å². The van der Waals surface area contributed by atoms with Crippen LogP contribution < -0.4 is 0 Å². The predicted octanol–water partition coefficient (Wildman–Crippen LogP) is 0.148. The van der Waals surface area contributed by atoms with Gasteiger partial charge in [0.1, 0.15) is 12.9 Å². The smallest absolute Gasteiger partial charge is 0.244 e. The lowest BCUT2D eigenvalue weighted by Crippen LogP contribution is -2.49. The highest BCUT2D eigenvalue weighted by atomic mass is 16.2. The first-order chi connectivity index (χ1) is 9.79. The van der Waals surface area contributed by atoms with Crippen LogP contribution in [0.15, 0.2) is 6.33 Å². The zero-order valence-corrected chi connectivity index (χ0v) is 12.0. The molecule has 0 saturated carbocycles. The molecule has 2 atom stereocenters. The number of likely N-dealkylation sites (N-methyl/N-ethyl adjacent to an activating group) is 1. The number of carbonyl (C=O) groups is 1. The summed E-state index contributed by atoms with van der Waals surface area (Å²) in [6.45, 7) is 5.59. The minimum Gasteiger partial charge on any atom is -0.337 e. The summed E-state index contributed by atoms with van der Waals surface area (Å²) < 4.78 is 1.50. The summed E-state index contributed by atoms with van der Waals surface area (Å²) in [6, 6.07) is 0.918. The fraction of sp³-hybridized carbons (Fsp3) is 0.846. The molecule has 20 heavy (non-hydrogen) atoms. The van der Waals surface area contributed by atoms with Gasteiger partial charge >= 0.3 is 0 Å². The van der Waals surface area contributed by atoms with E-state index in [1.807, 2.05) is 0 Å². The van der Waals surface area contributed by atoms with Gasteiger partial charge in [0.25, 0.3) is 0 Å². The van der Waals surface area contributed by atoms with Crippen LogP contribution in [0.1, 0.15) is 32.6 Å². The largest absolute Gasteiger partial charge is 0.337 e. The van der Waals surface area contributed by atoms with Crippen LogP contribution in [0.3, 0.4) is 0 Å². The Hall–Kier alpha value is -1.50. The van der Waals surface area contributed by atoms with E-state index in [1.165, 1.54) is 30.4 Å². The molecule has 7 nitrogen and oxygen atoms in total. The Balaban J connectivity index is 1.67. The second-order valence-corrected chi connectivity index (χ2v) is 5.64. The summed E-state index contributed by atoms with van der Waals surface area (Å²) in [4.78, 5) is 17.0. The molecule has 2 saturated heterocycles. The maximum absolute atomic E-state index is 12.5. The molecule has 110 valence electrons. The minimum atomic E-state index is 0.141. The summed E-state index contributed by atoms with van der Waals surface area (Å²) in [7, 11) is 0. The van der Waals surface area contributed by atoms with E-state index in [1.54, 1.807) is 0 Å². The molecule has 0 spiro atoms. The van der Waals surface area contributed by atoms with Crippen LogP contribution in [0.2, 0.25) is 0 Å². The number of rotatable bonds is 4. The number of hydrogen-bond acceptors (Lipinski definition) is 5. The van der Waals surface area contributed by atoms with Gasteiger partial charge in [0.05, 0.1) is 0 Å². The van der Waals surface area contributed by atoms with Crippen molar-refractivity contribution < 1.29 is 4.79 Å². The highest BCUT2D eigenvalue weighted by Gasteiger charge is 2.38. The van der Waals surface area contributed by atoms with Gasteiger partial charge < -0.3 is 4.90 Å². The van der Waals surface area contributed by atoms with Crippen LogP contribution >= 0.6 is 0 Å². The first kappa shape index (κ1) is 13.5. The molecule has 7 heteroatoms. The molecule has 0 aromatic carbocycles. The van der Waals surface area contributed by atoms with Crippen LogP contribution in [0.4, 0.5) is 0 Å². The average Bonchev–Trinajstić information content (AvgIpc) is 3.18. The van der Waals surface area contributed by atoms with Crippen molar-refractivity contribution in [3.8, 4) is 0 Å². The van der Waals surface area contributed by atoms with Crippen LogP contribution in [0.5, 0.6) is 0 Å². The first-order valence-corrected chi connectivity index (χ1v) is 7.54. The van der Waals surface area contributed by atoms with Crippen molar-refractivity contribution in [3.63, 3.8) is 0 Å². The normalized spacial score (nSPS) is 27.4. The molecule has 2 unspecified atom stereocenters. The van der Waals surface area contributed by atoms with E-state index < -0.39 is 0 Å². The number of nitrogens with zero attached hydrogens (tertiary/aromatic N) is 6. The zero-order valence-electron chi connectivity index (χ0n) is 12.0. The van der Waals surface area contributed by atoms with E-state index in [0.29, 0.717) is 12.1 Å². The number of amides is 1. The van der Waals surface area contributed by atoms with Gasteiger partial charge in [0.2, 0.25) is 5.91 Å². The van der Waals surface area contributed by atoms with Crippen molar-refractivity contribution in [1.29, 1.82) is 0 Å². The Labute approximate surface area is 118 Å². The Kier molecular flexibility index (Phi) is 3.95. The standard InChI is InChI=1S/C13H22N6O/c1-2-17-7-3-5-11(17)12-6-4-8-19(12)13(20)9-18-10-14-15-16-18/h10-12H,2-9H2,1H3. The van der Waals surface area contributed by atoms with Crippen molar-refractivity contribution >= 4 is 5.91 Å². The molecule has 2 aliphatic rings. The monoisotopic (exact) mass is 278 g/mol. The molecular weight excluding hydrogens is 256 g/mol. The molecule has 2 fully saturated rings. The van der Waals surface area contributed by atoms with E-state index in [0.717, 1.165) is 25.9 Å². The second kappa shape index (κ2) is 5.87. The van der Waals surface area contributed by atoms with Crippen LogP contribution in [0.25, 0.3) is 0 Å². The topological polar surface area (TPSA) is 67.2 Å². The van der Waals surface area contributed by atoms with Crippen LogP contribution in [-0.2, 0) is 11.3 Å². The van der Waals surface area contributed by atoms with Crippen LogP contribution in [-0.4, -0.2) is 67.6 Å². The maximum atomic E-state index is 12.5. The molecule has 2 aliphatic heterocycles. The van der Waals surface area contributed by atoms with Gasteiger partial charge in [0, 0.05) is 18.6 Å². The number of likely N-dealkylation sites (tertiary alicyclic amines) is 2. The van der Waals surface area contributed by atoms with E-state index in [9.17, 15) is 4.79 Å². The third-order valence-corrected chi connectivity index (χ3v) is 4.57. The zero-order chi connectivity index (χ0) is 13.9. The first-order valence-electron chi connectivity index (χ1n) is 7.54. The Bertz CT molecular complexity index is 448. The van der Waals surface area contributed by atoms with Crippen molar-refractivity contribution in [1.82, 2.24) is 30.0 Å². The SMILES string of the molecule is CCN1CCCC1C1CCCN1C(=O)Cn1cnnn1. The van der Waals surface area contributed by atoms with E-state index >= 15 is 0 Å². The highest BCUT2D eigenvalue weighted by Crippen LogP contribution is 2.29. The third-order valence-electron chi connectivity index (χ3n) is 4.57. The Morgan fingerprint density at radius 1 is 1.25 bits per heavy atom. The van der Waals surface area contributed by atoms with Crippen molar-refractivity contribution in [3.05, 3.63) is 6.33 Å². The fourth-order valence-corrected chi connectivity index (χ4v) is 3.66. The fourth-order valence-electron chi connectivity index (χ4n) is 3.66. The van der Waals surface area contributed by atoms with E-state index in [4.69, 9.17) is 0 Å². The van der Waals surface area contributed by atoms with Gasteiger partial charge in [-0.05, 0) is 49.2 Å². The second-order valence-electron chi connectivity index (χ2n) is 5.64. The molecule has 0 aliphatic carbocycles. The predicted molar refractivity (Wildman–Crippen MR) is 72.8 cm³/mol. The number of hydrogen-bond donors (Lipinski definition) is 0. The summed E-state index contributed by atoms with van der Waals surface area (Å²) in [6.07, 6.45) is 6.21. The van der Waals surface area contributed by atoms with Gasteiger partial charge in [-0.2, -0.15) is 0 Å². The van der Waals surface area contributed by atoms with Gasteiger partial charge in [0.15, 0.2) is 0 Å². The molecule has 0 N–H and O–H groups in total. The van der Waals surface area contributed by atoms with Gasteiger partial charge in [-0.15, -0.1) is 5.10 Å².